The number of thiol groups is 1. The first-order valence-electron chi connectivity index (χ1n) is 6.82. The van der Waals surface area contributed by atoms with Crippen LogP contribution in [0.25, 0.3) is 5.69 Å². The van der Waals surface area contributed by atoms with Gasteiger partial charge in [0.15, 0.2) is 5.03 Å². The molecule has 1 saturated heterocycles. The molecule has 0 amide bonds. The predicted molar refractivity (Wildman–Crippen MR) is 83.9 cm³/mol. The highest BCUT2D eigenvalue weighted by atomic mass is 32.1. The summed E-state index contributed by atoms with van der Waals surface area (Å²) < 4.78 is 2.29. The first-order chi connectivity index (χ1) is 9.27. The smallest absolute Gasteiger partial charge is 0.252 e. The van der Waals surface area contributed by atoms with Crippen molar-refractivity contribution in [2.45, 2.75) is 31.2 Å². The van der Waals surface area contributed by atoms with E-state index in [1.165, 1.54) is 48.0 Å². The average Bonchev–Trinajstić information content (AvgIpc) is 2.77. The van der Waals surface area contributed by atoms with E-state index < -0.39 is 0 Å². The van der Waals surface area contributed by atoms with Gasteiger partial charge in [-0.25, -0.2) is 0 Å². The Balaban J connectivity index is 2.07. The summed E-state index contributed by atoms with van der Waals surface area (Å²) in [6.45, 7) is 4.49. The third kappa shape index (κ3) is 2.51. The lowest BCUT2D eigenvalue weighted by Crippen LogP contribution is -2.41. The second-order valence-corrected chi connectivity index (χ2v) is 6.59. The molecule has 1 aromatic heterocycles. The van der Waals surface area contributed by atoms with E-state index in [-0.39, 0.29) is 0 Å². The molecule has 1 fully saturated rings. The van der Waals surface area contributed by atoms with Gasteiger partial charge in [0.1, 0.15) is 5.69 Å². The lowest BCUT2D eigenvalue weighted by atomic mass is 10.1. The van der Waals surface area contributed by atoms with E-state index >= 15 is 0 Å². The molecule has 4 heteroatoms. The third-order valence-electron chi connectivity index (χ3n) is 3.60. The Morgan fingerprint density at radius 2 is 1.79 bits per heavy atom. The molecule has 0 radical (unpaired) electrons. The van der Waals surface area contributed by atoms with E-state index in [4.69, 9.17) is 12.6 Å². The minimum atomic E-state index is 1.07. The molecule has 0 bridgehead atoms. The topological polar surface area (TPSA) is 7.12 Å². The van der Waals surface area contributed by atoms with Crippen LogP contribution in [0.1, 0.15) is 24.1 Å². The van der Waals surface area contributed by atoms with Crippen LogP contribution in [0.5, 0.6) is 0 Å². The van der Waals surface area contributed by atoms with Crippen molar-refractivity contribution < 1.29 is 4.57 Å². The lowest BCUT2D eigenvalue weighted by Gasteiger charge is -2.21. The molecule has 0 saturated carbocycles. The van der Waals surface area contributed by atoms with Crippen LogP contribution >= 0.6 is 24.0 Å². The summed E-state index contributed by atoms with van der Waals surface area (Å²) in [5, 5.41) is 2.39. The molecule has 2 aromatic rings. The number of anilines is 1. The van der Waals surface area contributed by atoms with Crippen LogP contribution in [0.15, 0.2) is 35.4 Å². The van der Waals surface area contributed by atoms with Gasteiger partial charge in [0.25, 0.3) is 0 Å². The number of nitrogens with zero attached hydrogens (tertiary/aromatic N) is 2. The first kappa shape index (κ1) is 13.0. The summed E-state index contributed by atoms with van der Waals surface area (Å²) in [5.74, 6) is 0. The molecular weight excluding hydrogens is 272 g/mol. The van der Waals surface area contributed by atoms with E-state index in [9.17, 15) is 0 Å². The van der Waals surface area contributed by atoms with E-state index in [1.807, 2.05) is 11.3 Å². The lowest BCUT2D eigenvalue weighted by molar-refractivity contribution is -0.618. The first-order valence-corrected chi connectivity index (χ1v) is 8.08. The van der Waals surface area contributed by atoms with Gasteiger partial charge in [0.2, 0.25) is 0 Å². The summed E-state index contributed by atoms with van der Waals surface area (Å²) >= 11 is 6.56. The zero-order chi connectivity index (χ0) is 13.2. The van der Waals surface area contributed by atoms with Crippen molar-refractivity contribution in [1.82, 2.24) is 0 Å². The van der Waals surface area contributed by atoms with Gasteiger partial charge in [-0.3, -0.25) is 4.90 Å². The van der Waals surface area contributed by atoms with Crippen molar-refractivity contribution in [3.05, 3.63) is 35.2 Å². The molecule has 0 atom stereocenters. The Hall–Kier alpha value is -1.00. The second-order valence-electron chi connectivity index (χ2n) is 4.98. The highest BCUT2D eigenvalue weighted by Gasteiger charge is 2.28. The van der Waals surface area contributed by atoms with Gasteiger partial charge < -0.3 is 0 Å². The van der Waals surface area contributed by atoms with Gasteiger partial charge in [0.05, 0.1) is 18.0 Å². The quantitative estimate of drug-likeness (QED) is 0.656. The third-order valence-corrected chi connectivity index (χ3v) is 5.41. The fourth-order valence-electron chi connectivity index (χ4n) is 2.58. The predicted octanol–water partition coefficient (Wildman–Crippen LogP) is 3.61. The van der Waals surface area contributed by atoms with Crippen molar-refractivity contribution in [2.75, 3.05) is 18.0 Å². The van der Waals surface area contributed by atoms with Crippen molar-refractivity contribution in [2.24, 2.45) is 0 Å². The molecule has 1 aromatic carbocycles. The maximum Gasteiger partial charge on any atom is 0.342 e. The number of hydrogen-bond acceptors (Lipinski definition) is 3. The molecule has 100 valence electrons. The van der Waals surface area contributed by atoms with E-state index in [0.717, 1.165) is 5.03 Å². The molecule has 19 heavy (non-hydrogen) atoms. The SMILES string of the molecule is Cc1sc(N2CCCCC2)[n+](-c2ccccc2)c1S. The van der Waals surface area contributed by atoms with Gasteiger partial charge in [-0.1, -0.05) is 42.2 Å². The standard InChI is InChI=1S/C15H18N2S2/c1-12-14(18)17(13-8-4-2-5-9-13)15(19-12)16-10-6-3-7-11-16/h2,4-5,8-9H,3,6-7,10-11H2,1H3/p+1. The Morgan fingerprint density at radius 1 is 1.11 bits per heavy atom. The number of piperidine rings is 1. The molecule has 0 aliphatic carbocycles. The van der Waals surface area contributed by atoms with Crippen LogP contribution in [-0.4, -0.2) is 13.1 Å². The molecule has 1 aliphatic heterocycles. The summed E-state index contributed by atoms with van der Waals surface area (Å²) in [6, 6.07) is 10.5. The van der Waals surface area contributed by atoms with Crippen LogP contribution in [0.2, 0.25) is 0 Å². The molecule has 0 N–H and O–H groups in total. The van der Waals surface area contributed by atoms with Gasteiger partial charge >= 0.3 is 5.13 Å². The molecule has 0 unspecified atom stereocenters. The molecular formula is C15H19N2S2+. The monoisotopic (exact) mass is 291 g/mol. The molecule has 0 spiro atoms. The number of hydrogen-bond donors (Lipinski definition) is 1. The summed E-state index contributed by atoms with van der Waals surface area (Å²) in [7, 11) is 0. The zero-order valence-electron chi connectivity index (χ0n) is 11.2. The van der Waals surface area contributed by atoms with Crippen molar-refractivity contribution in [3.63, 3.8) is 0 Å². The fourth-order valence-corrected chi connectivity index (χ4v) is 4.05. The number of aromatic nitrogens is 1. The maximum absolute atomic E-state index is 4.71. The minimum absolute atomic E-state index is 1.07. The number of rotatable bonds is 2. The Morgan fingerprint density at radius 3 is 2.47 bits per heavy atom. The van der Waals surface area contributed by atoms with E-state index in [0.29, 0.717) is 0 Å². The van der Waals surface area contributed by atoms with Crippen molar-refractivity contribution in [1.29, 1.82) is 0 Å². The Labute approximate surface area is 124 Å². The van der Waals surface area contributed by atoms with Gasteiger partial charge in [-0.2, -0.15) is 4.57 Å². The normalized spacial score (nSPS) is 15.8. The van der Waals surface area contributed by atoms with Crippen LogP contribution in [0, 0.1) is 6.92 Å². The van der Waals surface area contributed by atoms with E-state index in [2.05, 4.69) is 46.7 Å². The Kier molecular flexibility index (Phi) is 3.80. The fraction of sp³-hybridized carbons (Fsp3) is 0.400. The number of para-hydroxylation sites is 1. The highest BCUT2D eigenvalue weighted by molar-refractivity contribution is 7.80. The van der Waals surface area contributed by atoms with Crippen LogP contribution in [0.3, 0.4) is 0 Å². The van der Waals surface area contributed by atoms with Gasteiger partial charge in [0, 0.05) is 0 Å². The molecule has 3 rings (SSSR count). The van der Waals surface area contributed by atoms with Gasteiger partial charge in [-0.15, -0.1) is 0 Å². The average molecular weight is 291 g/mol. The second kappa shape index (κ2) is 5.55. The Bertz CT molecular complexity index is 557. The number of benzene rings is 1. The minimum Gasteiger partial charge on any atom is -0.252 e. The maximum atomic E-state index is 4.71. The van der Waals surface area contributed by atoms with Crippen LogP contribution < -0.4 is 9.47 Å². The van der Waals surface area contributed by atoms with E-state index in [1.54, 1.807) is 0 Å². The highest BCUT2D eigenvalue weighted by Crippen LogP contribution is 2.29. The molecule has 1 aliphatic rings. The van der Waals surface area contributed by atoms with Crippen molar-refractivity contribution in [3.8, 4) is 5.69 Å². The largest absolute Gasteiger partial charge is 0.342 e. The molecule has 2 nitrogen and oxygen atoms in total. The van der Waals surface area contributed by atoms with Crippen LogP contribution in [0.4, 0.5) is 5.13 Å². The summed E-state index contributed by atoms with van der Waals surface area (Å²) in [5.41, 5.74) is 1.21. The number of thiazole rings is 1. The summed E-state index contributed by atoms with van der Waals surface area (Å²) in [4.78, 5) is 3.79. The molecule has 2 heterocycles. The zero-order valence-corrected chi connectivity index (χ0v) is 12.9. The van der Waals surface area contributed by atoms with Gasteiger partial charge in [-0.05, 0) is 38.3 Å². The number of aryl methyl sites for hydroxylation is 1. The van der Waals surface area contributed by atoms with Crippen molar-refractivity contribution >= 4 is 29.1 Å². The van der Waals surface area contributed by atoms with Crippen LogP contribution in [-0.2, 0) is 0 Å². The summed E-state index contributed by atoms with van der Waals surface area (Å²) in [6.07, 6.45) is 3.96.